The molecule has 3 aliphatic rings. The van der Waals surface area contributed by atoms with Crippen molar-refractivity contribution in [1.82, 2.24) is 0 Å². The van der Waals surface area contributed by atoms with E-state index in [0.717, 1.165) is 0 Å². The Kier molecular flexibility index (Phi) is 3.27. The molecule has 5 nitrogen and oxygen atoms in total. The Morgan fingerprint density at radius 3 is 2.77 bits per heavy atom. The number of carbonyl (C=O) groups excluding carboxylic acids is 3. The molecule has 1 saturated heterocycles. The highest BCUT2D eigenvalue weighted by Crippen LogP contribution is 2.54. The van der Waals surface area contributed by atoms with E-state index < -0.39 is 29.4 Å². The van der Waals surface area contributed by atoms with Crippen molar-refractivity contribution in [2.45, 2.75) is 39.4 Å². The molecule has 0 radical (unpaired) electrons. The number of esters is 2. The molecule has 0 aromatic rings. The number of hydrogen-bond donors (Lipinski definition) is 0. The van der Waals surface area contributed by atoms with Crippen LogP contribution in [0, 0.1) is 23.2 Å². The van der Waals surface area contributed by atoms with Gasteiger partial charge in [0.25, 0.3) is 0 Å². The van der Waals surface area contributed by atoms with E-state index in [1.54, 1.807) is 6.08 Å². The zero-order chi connectivity index (χ0) is 16.2. The van der Waals surface area contributed by atoms with Gasteiger partial charge < -0.3 is 9.47 Å². The van der Waals surface area contributed by atoms with Gasteiger partial charge in [-0.15, -0.1) is 0 Å². The first-order valence-electron chi connectivity index (χ1n) is 7.56. The normalized spacial score (nSPS) is 43.4. The molecule has 22 heavy (non-hydrogen) atoms. The molecule has 1 aliphatic heterocycles. The Morgan fingerprint density at radius 1 is 1.45 bits per heavy atom. The molecule has 6 atom stereocenters. The van der Waals surface area contributed by atoms with Crippen molar-refractivity contribution in [3.05, 3.63) is 24.3 Å². The van der Waals surface area contributed by atoms with Crippen molar-refractivity contribution >= 4 is 17.7 Å². The summed E-state index contributed by atoms with van der Waals surface area (Å²) < 4.78 is 11.0. The second kappa shape index (κ2) is 4.80. The summed E-state index contributed by atoms with van der Waals surface area (Å²) in [6.45, 7) is 8.99. The molecule has 0 aromatic carbocycles. The van der Waals surface area contributed by atoms with Gasteiger partial charge in [-0.3, -0.25) is 9.59 Å². The standard InChI is InChI=1S/C17H20O5/c1-8-7-12-14(9(2)16(20)22-12)15(21-10(3)18)17(4)11(8)5-6-13(17)19/h5-6,8,11-12,14-15H,2,7H2,1,3-4H3/t8-,11+,12-,14-,15?,17+/m1/s1. The van der Waals surface area contributed by atoms with Gasteiger partial charge in [0.15, 0.2) is 5.78 Å². The molecule has 5 heteroatoms. The second-order valence-electron chi connectivity index (χ2n) is 6.77. The number of hydrogen-bond acceptors (Lipinski definition) is 5. The van der Waals surface area contributed by atoms with Gasteiger partial charge >= 0.3 is 11.9 Å². The van der Waals surface area contributed by atoms with Gasteiger partial charge in [0.1, 0.15) is 12.2 Å². The zero-order valence-corrected chi connectivity index (χ0v) is 13.0. The molecule has 3 rings (SSSR count). The average Bonchev–Trinajstić information content (AvgIpc) is 2.84. The SMILES string of the molecule is C=C1C(=O)O[C@@H]2C[C@@H](C)[C@@H]3C=CC(=O)[C@@]3(C)C(OC(C)=O)[C@H]12. The molecule has 0 N–H and O–H groups in total. The zero-order valence-electron chi connectivity index (χ0n) is 13.0. The lowest BCUT2D eigenvalue weighted by Gasteiger charge is -2.39. The first kappa shape index (κ1) is 15.0. The largest absolute Gasteiger partial charge is 0.461 e. The van der Waals surface area contributed by atoms with E-state index in [2.05, 4.69) is 6.58 Å². The average molecular weight is 304 g/mol. The molecule has 118 valence electrons. The van der Waals surface area contributed by atoms with Gasteiger partial charge in [-0.05, 0) is 31.3 Å². The first-order chi connectivity index (χ1) is 10.3. The van der Waals surface area contributed by atoms with E-state index in [-0.39, 0.29) is 23.7 Å². The summed E-state index contributed by atoms with van der Waals surface area (Å²) in [5.41, 5.74) is -0.577. The van der Waals surface area contributed by atoms with Gasteiger partial charge in [0.2, 0.25) is 0 Å². The van der Waals surface area contributed by atoms with Crippen molar-refractivity contribution in [3.8, 4) is 0 Å². The lowest BCUT2D eigenvalue weighted by Crippen LogP contribution is -2.49. The quantitative estimate of drug-likeness (QED) is 0.546. The fourth-order valence-corrected chi connectivity index (χ4v) is 4.33. The van der Waals surface area contributed by atoms with Crippen molar-refractivity contribution in [1.29, 1.82) is 0 Å². The molecule has 0 amide bonds. The maximum atomic E-state index is 12.6. The minimum absolute atomic E-state index is 0.0403. The van der Waals surface area contributed by atoms with Crippen LogP contribution in [0.4, 0.5) is 0 Å². The third kappa shape index (κ3) is 1.87. The summed E-state index contributed by atoms with van der Waals surface area (Å²) in [5.74, 6) is -1.35. The molecular weight excluding hydrogens is 284 g/mol. The Morgan fingerprint density at radius 2 is 2.14 bits per heavy atom. The van der Waals surface area contributed by atoms with Crippen molar-refractivity contribution in [3.63, 3.8) is 0 Å². The summed E-state index contributed by atoms with van der Waals surface area (Å²) >= 11 is 0. The Labute approximate surface area is 129 Å². The molecule has 1 saturated carbocycles. The molecule has 2 aliphatic carbocycles. The van der Waals surface area contributed by atoms with Crippen molar-refractivity contribution in [2.24, 2.45) is 23.2 Å². The van der Waals surface area contributed by atoms with Crippen molar-refractivity contribution in [2.75, 3.05) is 0 Å². The van der Waals surface area contributed by atoms with Crippen LogP contribution < -0.4 is 0 Å². The monoisotopic (exact) mass is 304 g/mol. The van der Waals surface area contributed by atoms with Crippen LogP contribution in [0.25, 0.3) is 0 Å². The molecule has 0 spiro atoms. The minimum Gasteiger partial charge on any atom is -0.461 e. The second-order valence-corrected chi connectivity index (χ2v) is 6.77. The van der Waals surface area contributed by atoms with Crippen LogP contribution in [0.3, 0.4) is 0 Å². The first-order valence-corrected chi connectivity index (χ1v) is 7.56. The fraction of sp³-hybridized carbons (Fsp3) is 0.588. The Bertz CT molecular complexity index is 604. The van der Waals surface area contributed by atoms with Crippen LogP contribution in [0.2, 0.25) is 0 Å². The number of ketones is 1. The number of ether oxygens (including phenoxy) is 2. The highest BCUT2D eigenvalue weighted by molar-refractivity contribution is 5.99. The molecule has 2 fully saturated rings. The maximum absolute atomic E-state index is 12.6. The van der Waals surface area contributed by atoms with Crippen LogP contribution in [-0.4, -0.2) is 29.9 Å². The molecule has 1 unspecified atom stereocenters. The molecule has 0 bridgehead atoms. The van der Waals surface area contributed by atoms with Crippen LogP contribution in [0.15, 0.2) is 24.3 Å². The third-order valence-electron chi connectivity index (χ3n) is 5.43. The van der Waals surface area contributed by atoms with E-state index >= 15 is 0 Å². The Balaban J connectivity index is 2.12. The molecule has 1 heterocycles. The van der Waals surface area contributed by atoms with Crippen LogP contribution >= 0.6 is 0 Å². The van der Waals surface area contributed by atoms with E-state index in [4.69, 9.17) is 9.47 Å². The number of carbonyl (C=O) groups is 3. The summed E-state index contributed by atoms with van der Waals surface area (Å²) in [5, 5.41) is 0. The predicted octanol–water partition coefficient (Wildman–Crippen LogP) is 1.82. The van der Waals surface area contributed by atoms with Gasteiger partial charge in [-0.2, -0.15) is 0 Å². The lowest BCUT2D eigenvalue weighted by atomic mass is 9.67. The van der Waals surface area contributed by atoms with Gasteiger partial charge in [-0.25, -0.2) is 4.79 Å². The van der Waals surface area contributed by atoms with E-state index in [1.807, 2.05) is 19.9 Å². The number of fused-ring (bicyclic) bond motifs is 2. The Hall–Kier alpha value is -1.91. The van der Waals surface area contributed by atoms with E-state index in [0.29, 0.717) is 12.0 Å². The van der Waals surface area contributed by atoms with Gasteiger partial charge in [-0.1, -0.05) is 19.6 Å². The lowest BCUT2D eigenvalue weighted by molar-refractivity contribution is -0.162. The third-order valence-corrected chi connectivity index (χ3v) is 5.43. The highest BCUT2D eigenvalue weighted by atomic mass is 16.6. The van der Waals surface area contributed by atoms with Gasteiger partial charge in [0, 0.05) is 12.5 Å². The van der Waals surface area contributed by atoms with Crippen LogP contribution in [-0.2, 0) is 23.9 Å². The van der Waals surface area contributed by atoms with Gasteiger partial charge in [0.05, 0.1) is 11.3 Å². The smallest absolute Gasteiger partial charge is 0.334 e. The number of rotatable bonds is 1. The highest BCUT2D eigenvalue weighted by Gasteiger charge is 2.61. The number of allylic oxidation sites excluding steroid dienone is 2. The molecular formula is C17H20O5. The van der Waals surface area contributed by atoms with Crippen molar-refractivity contribution < 1.29 is 23.9 Å². The summed E-state index contributed by atoms with van der Waals surface area (Å²) in [7, 11) is 0. The topological polar surface area (TPSA) is 69.7 Å². The van der Waals surface area contributed by atoms with Crippen LogP contribution in [0.5, 0.6) is 0 Å². The molecule has 0 aromatic heterocycles. The van der Waals surface area contributed by atoms with E-state index in [9.17, 15) is 14.4 Å². The predicted molar refractivity (Wildman–Crippen MR) is 77.6 cm³/mol. The maximum Gasteiger partial charge on any atom is 0.334 e. The summed E-state index contributed by atoms with van der Waals surface area (Å²) in [4.78, 5) is 36.1. The summed E-state index contributed by atoms with van der Waals surface area (Å²) in [6.07, 6.45) is 2.98. The fourth-order valence-electron chi connectivity index (χ4n) is 4.33. The van der Waals surface area contributed by atoms with E-state index in [1.165, 1.54) is 6.92 Å². The summed E-state index contributed by atoms with van der Waals surface area (Å²) in [6, 6.07) is 0. The minimum atomic E-state index is -0.874. The van der Waals surface area contributed by atoms with Crippen LogP contribution in [0.1, 0.15) is 27.2 Å².